The first-order valence-electron chi connectivity index (χ1n) is 0. The molecule has 0 radical (unpaired) electrons. The summed E-state index contributed by atoms with van der Waals surface area (Å²) in [6.45, 7) is 0. The number of hydrogen-bond donors (Lipinski definition) is 0. The first-order chi connectivity index (χ1) is 0. The molecule has 0 aromatic heterocycles. The summed E-state index contributed by atoms with van der Waals surface area (Å²) in [5, 5.41) is 0. The van der Waals surface area contributed by atoms with Crippen molar-refractivity contribution in [3.8, 4) is 0 Å². The normalized spacial score (nSPS) is 0. The van der Waals surface area contributed by atoms with E-state index in [9.17, 15) is 0 Å². The van der Waals surface area contributed by atoms with E-state index in [1.807, 2.05) is 0 Å². The minimum absolute atomic E-state index is 0. The largest absolute Gasteiger partial charge is 2.00 e. The Labute approximate surface area is 143 Å². The standard InChI is InChI=1S/Al.Ca.K.Na.H2O.7H/h;;;;1H2;;;;;;;/q;+2;2*+1;;;;;4*-1. The van der Waals surface area contributed by atoms with Gasteiger partial charge in [-0.1, -0.05) is 0 Å². The Balaban J connectivity index is 0. The molecule has 0 unspecified atom stereocenters. The topological polar surface area (TPSA) is 31.5 Å². The molecule has 0 aliphatic heterocycles. The minimum atomic E-state index is 0. The predicted octanol–water partition coefficient (Wildman–Crippen LogP) is -7.93. The predicted molar refractivity (Wildman–Crippen MR) is 23.8 cm³/mol. The van der Waals surface area contributed by atoms with Crippen molar-refractivity contribution in [1.82, 2.24) is 0 Å². The Kier molecular flexibility index (Phi) is 163. The average molecular weight is 154 g/mol. The van der Waals surface area contributed by atoms with Crippen LogP contribution >= 0.6 is 0 Å². The Bertz CT molecular complexity index is 20.5. The van der Waals surface area contributed by atoms with Gasteiger partial charge in [0.15, 0.2) is 17.4 Å². The van der Waals surface area contributed by atoms with Crippen molar-refractivity contribution in [2.45, 2.75) is 0 Å². The molecule has 0 aromatic rings. The van der Waals surface area contributed by atoms with Crippen molar-refractivity contribution < 1.29 is 92.1 Å². The van der Waals surface area contributed by atoms with Gasteiger partial charge in [0.2, 0.25) is 0 Å². The summed E-state index contributed by atoms with van der Waals surface area (Å²) in [6.07, 6.45) is 0. The van der Waals surface area contributed by atoms with Crippen LogP contribution in [-0.4, -0.2) is 60.6 Å². The maximum atomic E-state index is 0. The van der Waals surface area contributed by atoms with E-state index in [4.69, 9.17) is 0 Å². The quantitative estimate of drug-likeness (QED) is 0.310. The first kappa shape index (κ1) is 34.3. The van der Waals surface area contributed by atoms with Crippen molar-refractivity contribution in [2.24, 2.45) is 0 Å². The third-order valence-corrected chi connectivity index (χ3v) is 0. The van der Waals surface area contributed by atoms with Crippen molar-refractivity contribution in [3.05, 3.63) is 0 Å². The maximum absolute atomic E-state index is 0. The molecule has 5 heteroatoms. The van der Waals surface area contributed by atoms with Crippen LogP contribution in [0, 0.1) is 0 Å². The molecule has 0 fully saturated rings. The van der Waals surface area contributed by atoms with Gasteiger partial charge in [0.1, 0.15) is 0 Å². The van der Waals surface area contributed by atoms with Gasteiger partial charge in [-0.15, -0.1) is 0 Å². The van der Waals surface area contributed by atoms with Gasteiger partial charge in [-0.05, 0) is 0 Å². The van der Waals surface area contributed by atoms with Crippen LogP contribution in [0.4, 0.5) is 0 Å². The van der Waals surface area contributed by atoms with Crippen LogP contribution in [0.3, 0.4) is 0 Å². The Hall–Kier alpha value is 4.39. The second kappa shape index (κ2) is 23.8. The zero-order chi connectivity index (χ0) is 0. The second-order valence-corrected chi connectivity index (χ2v) is 0. The van der Waals surface area contributed by atoms with Crippen molar-refractivity contribution in [1.29, 1.82) is 0 Å². The van der Waals surface area contributed by atoms with Gasteiger partial charge in [0, 0.05) is 0 Å². The number of rotatable bonds is 0. The Morgan fingerprint density at radius 3 is 1.20 bits per heavy atom. The fourth-order valence-electron chi connectivity index (χ4n) is 0. The summed E-state index contributed by atoms with van der Waals surface area (Å²) in [7, 11) is 0. The maximum Gasteiger partial charge on any atom is 2.00 e. The van der Waals surface area contributed by atoms with Gasteiger partial charge in [0.25, 0.3) is 0 Å². The van der Waals surface area contributed by atoms with Crippen molar-refractivity contribution in [3.63, 3.8) is 0 Å². The molecule has 0 rings (SSSR count). The summed E-state index contributed by atoms with van der Waals surface area (Å²) >= 11 is 0. The number of hydrogen-bond acceptors (Lipinski definition) is 0. The van der Waals surface area contributed by atoms with Crippen molar-refractivity contribution in [2.75, 3.05) is 0 Å². The molecule has 5 heavy (non-hydrogen) atoms. The zero-order valence-electron chi connectivity index (χ0n) is 7.21. The van der Waals surface area contributed by atoms with E-state index in [-0.39, 0.29) is 147 Å². The summed E-state index contributed by atoms with van der Waals surface area (Å²) in [4.78, 5) is 0. The van der Waals surface area contributed by atoms with Crippen LogP contribution in [-0.2, 0) is 0 Å². The van der Waals surface area contributed by atoms with Crippen LogP contribution in [0.1, 0.15) is 5.71 Å². The Morgan fingerprint density at radius 1 is 1.20 bits per heavy atom. The molecule has 0 aliphatic carbocycles. The second-order valence-electron chi connectivity index (χ2n) is 0. The van der Waals surface area contributed by atoms with E-state index in [2.05, 4.69) is 0 Å². The summed E-state index contributed by atoms with van der Waals surface area (Å²) in [6, 6.07) is 0. The van der Waals surface area contributed by atoms with E-state index in [1.165, 1.54) is 0 Å². The molecule has 0 heterocycles. The molecule has 0 bridgehead atoms. The molecule has 0 atom stereocenters. The van der Waals surface area contributed by atoms with E-state index in [0.717, 1.165) is 0 Å². The zero-order valence-corrected chi connectivity index (χ0v) is 10.5. The van der Waals surface area contributed by atoms with Gasteiger partial charge in [0.05, 0.1) is 0 Å². The minimum Gasteiger partial charge on any atom is -1.00 e. The molecule has 0 spiro atoms. The summed E-state index contributed by atoms with van der Waals surface area (Å²) < 4.78 is 0. The van der Waals surface area contributed by atoms with E-state index in [1.54, 1.807) is 0 Å². The SMILES string of the molecule is O.[AlH3].[Ca+2].[H-].[H-].[H-].[H-].[K+].[Na+]. The molecule has 22 valence electrons. The van der Waals surface area contributed by atoms with Gasteiger partial charge in [-0.3, -0.25) is 0 Å². The molecule has 0 amide bonds. The fourth-order valence-corrected chi connectivity index (χ4v) is 0. The monoisotopic (exact) mass is 154 g/mol. The molecular weight excluding hydrogens is 145 g/mol. The van der Waals surface area contributed by atoms with Gasteiger partial charge >= 0.3 is 119 Å². The van der Waals surface area contributed by atoms with Gasteiger partial charge < -0.3 is 11.2 Å². The average Bonchev–Trinajstić information content (AvgIpc) is 0. The van der Waals surface area contributed by atoms with Crippen LogP contribution in [0.25, 0.3) is 0 Å². The molecule has 0 saturated heterocycles. The van der Waals surface area contributed by atoms with Crippen LogP contribution < -0.4 is 80.9 Å². The molecule has 0 aromatic carbocycles. The third-order valence-electron chi connectivity index (χ3n) is 0. The molecule has 2 N–H and O–H groups in total. The van der Waals surface area contributed by atoms with E-state index in [0.29, 0.717) is 0 Å². The smallest absolute Gasteiger partial charge is 1.00 e. The fraction of sp³-hybridized carbons (Fsp3) is 0. The van der Waals surface area contributed by atoms with Crippen LogP contribution in [0.5, 0.6) is 0 Å². The van der Waals surface area contributed by atoms with E-state index < -0.39 is 0 Å². The van der Waals surface area contributed by atoms with Gasteiger partial charge in [-0.25, -0.2) is 0 Å². The van der Waals surface area contributed by atoms with Gasteiger partial charge in [-0.2, -0.15) is 0 Å². The summed E-state index contributed by atoms with van der Waals surface area (Å²) in [5.74, 6) is 0. The van der Waals surface area contributed by atoms with Crippen molar-refractivity contribution >= 4 is 55.1 Å². The summed E-state index contributed by atoms with van der Waals surface area (Å²) in [5.41, 5.74) is 0. The van der Waals surface area contributed by atoms with E-state index >= 15 is 0 Å². The first-order valence-corrected chi connectivity index (χ1v) is 0. The van der Waals surface area contributed by atoms with Crippen LogP contribution in [0.15, 0.2) is 0 Å². The molecule has 0 aliphatic rings. The van der Waals surface area contributed by atoms with Crippen LogP contribution in [0.2, 0.25) is 0 Å². The molecule has 1 nitrogen and oxygen atoms in total. The molecular formula is H9AlCaKNaO. The Morgan fingerprint density at radius 2 is 1.20 bits per heavy atom. The third kappa shape index (κ3) is 17.8. The molecule has 0 saturated carbocycles.